The van der Waals surface area contributed by atoms with Crippen molar-refractivity contribution in [2.24, 2.45) is 0 Å². The molecule has 0 bridgehead atoms. The van der Waals surface area contributed by atoms with Crippen LogP contribution in [0.2, 0.25) is 0 Å². The second kappa shape index (κ2) is 4.08. The first-order valence-electron chi connectivity index (χ1n) is 7.59. The zero-order chi connectivity index (χ0) is 14.7. The van der Waals surface area contributed by atoms with Gasteiger partial charge >= 0.3 is 0 Å². The van der Waals surface area contributed by atoms with Crippen molar-refractivity contribution < 1.29 is 0 Å². The summed E-state index contributed by atoms with van der Waals surface area (Å²) in [5, 5.41) is 10.7. The van der Waals surface area contributed by atoms with Crippen molar-refractivity contribution in [2.75, 3.05) is 0 Å². The van der Waals surface area contributed by atoms with Crippen LogP contribution in [-0.4, -0.2) is 0 Å². The number of fused-ring (bicyclic) bond motifs is 2. The number of benzene rings is 5. The lowest BCUT2D eigenvalue weighted by atomic mass is 9.88. The highest BCUT2D eigenvalue weighted by Gasteiger charge is 2.12. The lowest BCUT2D eigenvalue weighted by Gasteiger charge is -2.15. The minimum absolute atomic E-state index is 1.20. The van der Waals surface area contributed by atoms with E-state index < -0.39 is 0 Å². The second-order valence-corrected chi connectivity index (χ2v) is 5.84. The largest absolute Gasteiger partial charge is 0.0984 e. The first kappa shape index (κ1) is 11.8. The van der Waals surface area contributed by atoms with Crippen molar-refractivity contribution in [1.29, 1.82) is 0 Å². The van der Waals surface area contributed by atoms with E-state index in [4.69, 9.17) is 0 Å². The smallest absolute Gasteiger partial charge is 0.00204 e. The van der Waals surface area contributed by atoms with Crippen LogP contribution in [0.4, 0.5) is 0 Å². The first-order valence-corrected chi connectivity index (χ1v) is 7.59. The fourth-order valence-corrected chi connectivity index (χ4v) is 3.85. The van der Waals surface area contributed by atoms with E-state index >= 15 is 0 Å². The Morgan fingerprint density at radius 1 is 0.545 bits per heavy atom. The third-order valence-electron chi connectivity index (χ3n) is 4.78. The Morgan fingerprint density at radius 3 is 1.77 bits per heavy atom. The summed E-state index contributed by atoms with van der Waals surface area (Å²) in [5.74, 6) is 0. The Bertz CT molecular complexity index is 1130. The van der Waals surface area contributed by atoms with Crippen LogP contribution >= 0.6 is 0 Å². The van der Waals surface area contributed by atoms with E-state index in [1.54, 1.807) is 0 Å². The Morgan fingerprint density at radius 2 is 1.09 bits per heavy atom. The van der Waals surface area contributed by atoms with Crippen molar-refractivity contribution in [3.8, 4) is 0 Å². The number of hydrogen-bond acceptors (Lipinski definition) is 0. The fourth-order valence-electron chi connectivity index (χ4n) is 3.85. The maximum absolute atomic E-state index is 3.97. The Labute approximate surface area is 128 Å². The molecule has 5 rings (SSSR count). The highest BCUT2D eigenvalue weighted by Crippen LogP contribution is 2.40. The van der Waals surface area contributed by atoms with Crippen molar-refractivity contribution in [2.45, 2.75) is 0 Å². The molecule has 0 radical (unpaired) electrons. The highest BCUT2D eigenvalue weighted by atomic mass is 14.2. The lowest BCUT2D eigenvalue weighted by molar-refractivity contribution is 1.76. The quantitative estimate of drug-likeness (QED) is 0.246. The first-order chi connectivity index (χ1) is 10.9. The standard InChI is InChI=1S/C22H14/c1-2-14-12-13-20-18-10-4-7-15-6-3-9-17(21(15)18)19-11-5-8-16(14)22(19)20/h2-13H,1H2. The molecule has 22 heavy (non-hydrogen) atoms. The van der Waals surface area contributed by atoms with Crippen LogP contribution in [0.15, 0.2) is 73.3 Å². The van der Waals surface area contributed by atoms with Crippen LogP contribution < -0.4 is 0 Å². The molecule has 0 heteroatoms. The van der Waals surface area contributed by atoms with E-state index in [1.807, 2.05) is 6.08 Å². The van der Waals surface area contributed by atoms with Crippen LogP contribution in [0.5, 0.6) is 0 Å². The molecule has 5 aromatic carbocycles. The van der Waals surface area contributed by atoms with Gasteiger partial charge in [0, 0.05) is 0 Å². The summed E-state index contributed by atoms with van der Waals surface area (Å²) in [7, 11) is 0. The molecule has 0 aliphatic heterocycles. The Balaban J connectivity index is 2.25. The molecule has 0 N–H and O–H groups in total. The van der Waals surface area contributed by atoms with Gasteiger partial charge in [0.05, 0.1) is 0 Å². The normalized spacial score (nSPS) is 11.8. The molecule has 0 aliphatic carbocycles. The van der Waals surface area contributed by atoms with Crippen molar-refractivity contribution in [1.82, 2.24) is 0 Å². The number of rotatable bonds is 1. The van der Waals surface area contributed by atoms with E-state index in [2.05, 4.69) is 73.3 Å². The van der Waals surface area contributed by atoms with Gasteiger partial charge in [0.15, 0.2) is 0 Å². The zero-order valence-corrected chi connectivity index (χ0v) is 12.1. The Hall–Kier alpha value is -2.86. The summed E-state index contributed by atoms with van der Waals surface area (Å²) in [5.41, 5.74) is 1.20. The molecule has 5 aromatic rings. The van der Waals surface area contributed by atoms with Crippen LogP contribution in [0.25, 0.3) is 49.2 Å². The van der Waals surface area contributed by atoms with Gasteiger partial charge in [0.2, 0.25) is 0 Å². The van der Waals surface area contributed by atoms with Crippen LogP contribution in [-0.2, 0) is 0 Å². The fraction of sp³-hybridized carbons (Fsp3) is 0. The molecule has 0 aliphatic rings. The molecule has 0 saturated heterocycles. The van der Waals surface area contributed by atoms with Gasteiger partial charge < -0.3 is 0 Å². The van der Waals surface area contributed by atoms with E-state index in [0.29, 0.717) is 0 Å². The van der Waals surface area contributed by atoms with E-state index in [0.717, 1.165) is 0 Å². The summed E-state index contributed by atoms with van der Waals surface area (Å²) in [6.07, 6.45) is 1.95. The summed E-state index contributed by atoms with van der Waals surface area (Å²) < 4.78 is 0. The average Bonchev–Trinajstić information content (AvgIpc) is 2.59. The topological polar surface area (TPSA) is 0 Å². The molecule has 0 saturated carbocycles. The van der Waals surface area contributed by atoms with Crippen LogP contribution in [0, 0.1) is 0 Å². The van der Waals surface area contributed by atoms with Gasteiger partial charge in [-0.1, -0.05) is 79.4 Å². The molecular weight excluding hydrogens is 264 g/mol. The SMILES string of the molecule is C=Cc1ccc2c3cccc4cccc(c5cccc1c52)c43. The molecule has 0 spiro atoms. The summed E-state index contributed by atoms with van der Waals surface area (Å²) in [4.78, 5) is 0. The molecule has 0 fully saturated rings. The zero-order valence-electron chi connectivity index (χ0n) is 12.1. The molecule has 102 valence electrons. The van der Waals surface area contributed by atoms with Gasteiger partial charge in [-0.15, -0.1) is 0 Å². The summed E-state index contributed by atoms with van der Waals surface area (Å²) >= 11 is 0. The minimum atomic E-state index is 1.20. The molecule has 0 amide bonds. The van der Waals surface area contributed by atoms with Crippen LogP contribution in [0.3, 0.4) is 0 Å². The van der Waals surface area contributed by atoms with Gasteiger partial charge in [-0.25, -0.2) is 0 Å². The average molecular weight is 278 g/mol. The third-order valence-corrected chi connectivity index (χ3v) is 4.78. The monoisotopic (exact) mass is 278 g/mol. The maximum Gasteiger partial charge on any atom is -0.00204 e. The number of hydrogen-bond donors (Lipinski definition) is 0. The lowest BCUT2D eigenvalue weighted by Crippen LogP contribution is -1.88. The minimum Gasteiger partial charge on any atom is -0.0984 e. The van der Waals surface area contributed by atoms with Crippen molar-refractivity contribution >= 4 is 49.2 Å². The molecule has 0 unspecified atom stereocenters. The summed E-state index contributed by atoms with van der Waals surface area (Å²) in [6, 6.07) is 24.2. The van der Waals surface area contributed by atoms with Crippen molar-refractivity contribution in [3.63, 3.8) is 0 Å². The van der Waals surface area contributed by atoms with Gasteiger partial charge in [-0.3, -0.25) is 0 Å². The summed E-state index contributed by atoms with van der Waals surface area (Å²) in [6.45, 7) is 3.97. The molecule has 0 atom stereocenters. The van der Waals surface area contributed by atoms with Gasteiger partial charge in [-0.2, -0.15) is 0 Å². The van der Waals surface area contributed by atoms with E-state index in [9.17, 15) is 0 Å². The maximum atomic E-state index is 3.97. The van der Waals surface area contributed by atoms with E-state index in [1.165, 1.54) is 48.7 Å². The van der Waals surface area contributed by atoms with Gasteiger partial charge in [0.25, 0.3) is 0 Å². The third kappa shape index (κ3) is 1.32. The van der Waals surface area contributed by atoms with Crippen LogP contribution in [0.1, 0.15) is 5.56 Å². The highest BCUT2D eigenvalue weighted by molar-refractivity contribution is 6.33. The van der Waals surface area contributed by atoms with Gasteiger partial charge in [-0.05, 0) is 48.7 Å². The molecule has 0 aromatic heterocycles. The van der Waals surface area contributed by atoms with E-state index in [-0.39, 0.29) is 0 Å². The predicted molar refractivity (Wildman–Crippen MR) is 97.7 cm³/mol. The predicted octanol–water partition coefficient (Wildman–Crippen LogP) is 6.38. The Kier molecular flexibility index (Phi) is 2.18. The molecular formula is C22H14. The van der Waals surface area contributed by atoms with Crippen molar-refractivity contribution in [3.05, 3.63) is 78.9 Å². The molecule has 0 nitrogen and oxygen atoms in total. The molecule has 0 heterocycles. The second-order valence-electron chi connectivity index (χ2n) is 5.84. The van der Waals surface area contributed by atoms with Gasteiger partial charge in [0.1, 0.15) is 0 Å².